The lowest BCUT2D eigenvalue weighted by atomic mass is 10.1. The molecule has 2 aromatic carbocycles. The third-order valence-electron chi connectivity index (χ3n) is 4.86. The van der Waals surface area contributed by atoms with E-state index in [9.17, 15) is 13.2 Å². The molecular weight excluding hydrogens is 378 g/mol. The van der Waals surface area contributed by atoms with Crippen LogP contribution in [0, 0.1) is 13.8 Å². The van der Waals surface area contributed by atoms with E-state index in [1.807, 2.05) is 26.0 Å². The maximum absolute atomic E-state index is 12.6. The van der Waals surface area contributed by atoms with Crippen molar-refractivity contribution in [2.24, 2.45) is 0 Å². The van der Waals surface area contributed by atoms with E-state index in [4.69, 9.17) is 9.47 Å². The summed E-state index contributed by atoms with van der Waals surface area (Å²) in [7, 11) is -3.50. The zero-order chi connectivity index (χ0) is 20.1. The quantitative estimate of drug-likeness (QED) is 0.548. The van der Waals surface area contributed by atoms with Gasteiger partial charge in [0.2, 0.25) is 10.0 Å². The van der Waals surface area contributed by atoms with Gasteiger partial charge in [0, 0.05) is 19.5 Å². The molecule has 7 heteroatoms. The molecule has 1 aliphatic heterocycles. The fourth-order valence-electron chi connectivity index (χ4n) is 2.97. The number of sulfonamides is 1. The second-order valence-corrected chi connectivity index (χ2v) is 8.82. The second kappa shape index (κ2) is 8.86. The topological polar surface area (TPSA) is 72.9 Å². The molecule has 0 saturated carbocycles. The number of hydrogen-bond acceptors (Lipinski definition) is 5. The summed E-state index contributed by atoms with van der Waals surface area (Å²) in [6.45, 7) is 5.55. The van der Waals surface area contributed by atoms with E-state index < -0.39 is 10.0 Å². The van der Waals surface area contributed by atoms with Crippen LogP contribution in [0.25, 0.3) is 0 Å². The molecule has 0 atom stereocenters. The highest BCUT2D eigenvalue weighted by Gasteiger charge is 2.26. The van der Waals surface area contributed by atoms with Crippen molar-refractivity contribution < 1.29 is 22.7 Å². The molecule has 0 radical (unpaired) electrons. The van der Waals surface area contributed by atoms with Gasteiger partial charge in [0.15, 0.2) is 0 Å². The standard InChI is InChI=1S/C21H25NO5S/c1-16-3-7-19(15-17(16)2)27-21(23)10-6-18-4-8-20(9-5-18)28(24,25)22-11-13-26-14-12-22/h3-5,7-9,15H,6,10-14H2,1-2H3. The van der Waals surface area contributed by atoms with Gasteiger partial charge in [-0.1, -0.05) is 18.2 Å². The number of rotatable bonds is 6. The summed E-state index contributed by atoms with van der Waals surface area (Å²) in [4.78, 5) is 12.3. The number of esters is 1. The van der Waals surface area contributed by atoms with Gasteiger partial charge >= 0.3 is 5.97 Å². The Balaban J connectivity index is 1.56. The molecule has 0 spiro atoms. The van der Waals surface area contributed by atoms with Crippen molar-refractivity contribution in [1.29, 1.82) is 0 Å². The minimum absolute atomic E-state index is 0.225. The van der Waals surface area contributed by atoms with Crippen LogP contribution in [-0.4, -0.2) is 45.0 Å². The van der Waals surface area contributed by atoms with Gasteiger partial charge < -0.3 is 9.47 Å². The van der Waals surface area contributed by atoms with Gasteiger partial charge in [0.1, 0.15) is 5.75 Å². The van der Waals surface area contributed by atoms with Crippen molar-refractivity contribution in [3.05, 3.63) is 59.2 Å². The number of ether oxygens (including phenoxy) is 2. The molecule has 2 aromatic rings. The molecule has 28 heavy (non-hydrogen) atoms. The average molecular weight is 404 g/mol. The fourth-order valence-corrected chi connectivity index (χ4v) is 4.38. The Hall–Kier alpha value is -2.22. The molecule has 0 N–H and O–H groups in total. The van der Waals surface area contributed by atoms with Crippen LogP contribution >= 0.6 is 0 Å². The minimum atomic E-state index is -3.50. The Bertz CT molecular complexity index is 932. The van der Waals surface area contributed by atoms with Crippen LogP contribution < -0.4 is 4.74 Å². The summed E-state index contributed by atoms with van der Waals surface area (Å²) in [6.07, 6.45) is 0.712. The highest BCUT2D eigenvalue weighted by Crippen LogP contribution is 2.19. The van der Waals surface area contributed by atoms with Crippen LogP contribution in [0.4, 0.5) is 0 Å². The molecule has 6 nitrogen and oxygen atoms in total. The first kappa shape index (κ1) is 20.5. The number of morpholine rings is 1. The van der Waals surface area contributed by atoms with E-state index in [0.717, 1.165) is 16.7 Å². The molecule has 150 valence electrons. The number of benzene rings is 2. The normalized spacial score (nSPS) is 15.4. The second-order valence-electron chi connectivity index (χ2n) is 6.88. The largest absolute Gasteiger partial charge is 0.427 e. The SMILES string of the molecule is Cc1ccc(OC(=O)CCc2ccc(S(=O)(=O)N3CCOCC3)cc2)cc1C. The first-order chi connectivity index (χ1) is 13.4. The van der Waals surface area contributed by atoms with Crippen molar-refractivity contribution >= 4 is 16.0 Å². The first-order valence-corrected chi connectivity index (χ1v) is 10.7. The van der Waals surface area contributed by atoms with Gasteiger partial charge in [-0.05, 0) is 61.2 Å². The summed E-state index contributed by atoms with van der Waals surface area (Å²) in [5.41, 5.74) is 3.10. The number of aryl methyl sites for hydroxylation is 3. The molecule has 1 fully saturated rings. The van der Waals surface area contributed by atoms with Crippen molar-refractivity contribution in [3.8, 4) is 5.75 Å². The zero-order valence-corrected chi connectivity index (χ0v) is 17.0. The molecule has 0 unspecified atom stereocenters. The van der Waals surface area contributed by atoms with Crippen LogP contribution in [0.3, 0.4) is 0 Å². The smallest absolute Gasteiger partial charge is 0.311 e. The Morgan fingerprint density at radius 1 is 1.04 bits per heavy atom. The molecule has 3 rings (SSSR count). The Morgan fingerprint density at radius 3 is 2.36 bits per heavy atom. The molecule has 1 saturated heterocycles. The molecular formula is C21H25NO5S. The van der Waals surface area contributed by atoms with E-state index in [1.54, 1.807) is 30.3 Å². The van der Waals surface area contributed by atoms with Crippen molar-refractivity contribution in [2.75, 3.05) is 26.3 Å². The molecule has 1 heterocycles. The van der Waals surface area contributed by atoms with Crippen molar-refractivity contribution in [3.63, 3.8) is 0 Å². The van der Waals surface area contributed by atoms with E-state index in [0.29, 0.717) is 38.5 Å². The predicted molar refractivity (Wildman–Crippen MR) is 106 cm³/mol. The number of carbonyl (C=O) groups excluding carboxylic acids is 1. The maximum Gasteiger partial charge on any atom is 0.311 e. The van der Waals surface area contributed by atoms with Gasteiger partial charge in [-0.25, -0.2) is 8.42 Å². The Kier molecular flexibility index (Phi) is 6.49. The van der Waals surface area contributed by atoms with Crippen molar-refractivity contribution in [2.45, 2.75) is 31.6 Å². The third kappa shape index (κ3) is 4.98. The third-order valence-corrected chi connectivity index (χ3v) is 6.77. The first-order valence-electron chi connectivity index (χ1n) is 9.31. The lowest BCUT2D eigenvalue weighted by Gasteiger charge is -2.26. The van der Waals surface area contributed by atoms with Crippen LogP contribution in [-0.2, 0) is 26.0 Å². The highest BCUT2D eigenvalue weighted by atomic mass is 32.2. The van der Waals surface area contributed by atoms with E-state index in [1.165, 1.54) is 4.31 Å². The number of carbonyl (C=O) groups is 1. The van der Waals surface area contributed by atoms with Crippen molar-refractivity contribution in [1.82, 2.24) is 4.31 Å². The summed E-state index contributed by atoms with van der Waals surface area (Å²) < 4.78 is 37.3. The number of nitrogens with zero attached hydrogens (tertiary/aromatic N) is 1. The van der Waals surface area contributed by atoms with Crippen LogP contribution in [0.5, 0.6) is 5.75 Å². The summed E-state index contributed by atoms with van der Waals surface area (Å²) >= 11 is 0. The average Bonchev–Trinajstić information content (AvgIpc) is 2.70. The van der Waals surface area contributed by atoms with E-state index >= 15 is 0 Å². The molecule has 0 amide bonds. The van der Waals surface area contributed by atoms with E-state index in [2.05, 4.69) is 0 Å². The minimum Gasteiger partial charge on any atom is -0.427 e. The fraction of sp³-hybridized carbons (Fsp3) is 0.381. The van der Waals surface area contributed by atoms with Gasteiger partial charge in [-0.2, -0.15) is 4.31 Å². The lowest BCUT2D eigenvalue weighted by Crippen LogP contribution is -2.40. The van der Waals surface area contributed by atoms with Gasteiger partial charge in [0.05, 0.1) is 18.1 Å². The van der Waals surface area contributed by atoms with Crippen LogP contribution in [0.1, 0.15) is 23.1 Å². The maximum atomic E-state index is 12.6. The molecule has 1 aliphatic rings. The summed E-state index contributed by atoms with van der Waals surface area (Å²) in [5.74, 6) is 0.230. The van der Waals surface area contributed by atoms with Crippen LogP contribution in [0.2, 0.25) is 0 Å². The Labute approximate surface area is 166 Å². The van der Waals surface area contributed by atoms with Gasteiger partial charge in [-0.15, -0.1) is 0 Å². The summed E-state index contributed by atoms with van der Waals surface area (Å²) in [5, 5.41) is 0. The highest BCUT2D eigenvalue weighted by molar-refractivity contribution is 7.89. The van der Waals surface area contributed by atoms with Gasteiger partial charge in [-0.3, -0.25) is 4.79 Å². The van der Waals surface area contributed by atoms with E-state index in [-0.39, 0.29) is 17.3 Å². The summed E-state index contributed by atoms with van der Waals surface area (Å²) in [6, 6.07) is 12.2. The monoisotopic (exact) mass is 403 g/mol. The Morgan fingerprint density at radius 2 is 1.71 bits per heavy atom. The van der Waals surface area contributed by atoms with Crippen LogP contribution in [0.15, 0.2) is 47.4 Å². The molecule has 0 aromatic heterocycles. The van der Waals surface area contributed by atoms with Gasteiger partial charge in [0.25, 0.3) is 0 Å². The number of hydrogen-bond donors (Lipinski definition) is 0. The lowest BCUT2D eigenvalue weighted by molar-refractivity contribution is -0.134. The molecule has 0 aliphatic carbocycles. The zero-order valence-electron chi connectivity index (χ0n) is 16.2. The predicted octanol–water partition coefficient (Wildman–Crippen LogP) is 2.86. The molecule has 0 bridgehead atoms.